The van der Waals surface area contributed by atoms with Gasteiger partial charge in [-0.3, -0.25) is 9.59 Å². The first-order valence-electron chi connectivity index (χ1n) is 14.3. The number of hydrogen-bond acceptors (Lipinski definition) is 7. The third-order valence-corrected chi connectivity index (χ3v) is 5.73. The van der Waals surface area contributed by atoms with Crippen molar-refractivity contribution in [1.82, 2.24) is 14.7 Å². The number of amides is 2. The van der Waals surface area contributed by atoms with Gasteiger partial charge in [0.25, 0.3) is 0 Å². The smallest absolute Gasteiger partial charge is 0.222 e. The Morgan fingerprint density at radius 2 is 1.10 bits per heavy atom. The van der Waals surface area contributed by atoms with Gasteiger partial charge in [-0.2, -0.15) is 0 Å². The fourth-order valence-corrected chi connectivity index (χ4v) is 3.86. The molecule has 0 aromatic heterocycles. The topological polar surface area (TPSA) is 103 Å². The fourth-order valence-electron chi connectivity index (χ4n) is 3.86. The van der Waals surface area contributed by atoms with Gasteiger partial charge in [0.15, 0.2) is 0 Å². The number of aliphatic hydroxyl groups excluding tert-OH is 2. The van der Waals surface area contributed by atoms with E-state index in [2.05, 4.69) is 0 Å². The molecule has 0 radical (unpaired) electrons. The van der Waals surface area contributed by atoms with Crippen LogP contribution in [0.1, 0.15) is 81.1 Å². The van der Waals surface area contributed by atoms with Crippen LogP contribution in [-0.2, 0) is 19.1 Å². The highest BCUT2D eigenvalue weighted by Crippen LogP contribution is 2.20. The highest BCUT2D eigenvalue weighted by atomic mass is 16.5. The van der Waals surface area contributed by atoms with Crippen molar-refractivity contribution in [3.8, 4) is 0 Å². The van der Waals surface area contributed by atoms with Gasteiger partial charge in [0.1, 0.15) is 0 Å². The van der Waals surface area contributed by atoms with Crippen LogP contribution < -0.4 is 0 Å². The quantitative estimate of drug-likeness (QED) is 0.234. The summed E-state index contributed by atoms with van der Waals surface area (Å²) in [6.45, 7) is 19.4. The van der Waals surface area contributed by atoms with Crippen molar-refractivity contribution in [3.63, 3.8) is 0 Å². The Balaban J connectivity index is 4.30. The molecule has 9 nitrogen and oxygen atoms in total. The van der Waals surface area contributed by atoms with Crippen LogP contribution >= 0.6 is 0 Å². The van der Waals surface area contributed by atoms with E-state index in [1.807, 2.05) is 80.6 Å². The van der Waals surface area contributed by atoms with Gasteiger partial charge in [-0.05, 0) is 43.7 Å². The molecule has 0 rings (SSSR count). The van der Waals surface area contributed by atoms with Gasteiger partial charge in [0.2, 0.25) is 11.8 Å². The van der Waals surface area contributed by atoms with Crippen LogP contribution in [-0.4, -0.2) is 116 Å². The number of hydrogen-bond donors (Lipinski definition) is 2. The Bertz CT molecular complexity index is 673. The SMILES string of the molecule is CC(C)=CN(CC(O)COCCCN(C)C(=O)CC(C)(C)C)CC(O)COCCCN(C)C(=O)CC(C)(C)C. The van der Waals surface area contributed by atoms with Crippen LogP contribution in [0.2, 0.25) is 0 Å². The predicted octanol–water partition coefficient (Wildman–Crippen LogP) is 3.54. The van der Waals surface area contributed by atoms with Crippen molar-refractivity contribution in [2.45, 2.75) is 93.3 Å². The van der Waals surface area contributed by atoms with Crippen LogP contribution in [0.4, 0.5) is 0 Å². The zero-order valence-electron chi connectivity index (χ0n) is 26.6. The monoisotopic (exact) mass is 557 g/mol. The van der Waals surface area contributed by atoms with E-state index in [0.717, 1.165) is 5.57 Å². The summed E-state index contributed by atoms with van der Waals surface area (Å²) < 4.78 is 11.3. The molecule has 230 valence electrons. The van der Waals surface area contributed by atoms with Gasteiger partial charge < -0.3 is 34.4 Å². The molecule has 2 amide bonds. The molecule has 0 aromatic rings. The van der Waals surface area contributed by atoms with Gasteiger partial charge >= 0.3 is 0 Å². The highest BCUT2D eigenvalue weighted by Gasteiger charge is 2.20. The van der Waals surface area contributed by atoms with E-state index in [0.29, 0.717) is 65.1 Å². The third kappa shape index (κ3) is 21.8. The van der Waals surface area contributed by atoms with E-state index in [1.54, 1.807) is 9.80 Å². The first-order chi connectivity index (χ1) is 17.9. The van der Waals surface area contributed by atoms with Crippen LogP contribution in [0.25, 0.3) is 0 Å². The Morgan fingerprint density at radius 3 is 1.41 bits per heavy atom. The number of carbonyl (C=O) groups is 2. The maximum atomic E-state index is 12.2. The predicted molar refractivity (Wildman–Crippen MR) is 157 cm³/mol. The summed E-state index contributed by atoms with van der Waals surface area (Å²) in [6.07, 6.45) is 2.91. The molecule has 0 saturated carbocycles. The molecule has 2 unspecified atom stereocenters. The number of aliphatic hydroxyl groups is 2. The largest absolute Gasteiger partial charge is 0.389 e. The fraction of sp³-hybridized carbons (Fsp3) is 0.867. The maximum absolute atomic E-state index is 12.2. The standard InChI is InChI=1S/C30H59N3O6/c1-24(2)19-33(20-25(34)22-38-15-11-13-31(9)27(36)17-29(3,4)5)21-26(35)23-39-16-12-14-32(10)28(37)18-30(6,7)8/h19,25-26,34-35H,11-18,20-23H2,1-10H3. The molecule has 0 bridgehead atoms. The lowest BCUT2D eigenvalue weighted by atomic mass is 9.91. The van der Waals surface area contributed by atoms with Crippen molar-refractivity contribution >= 4 is 11.8 Å². The Hall–Kier alpha value is -1.68. The van der Waals surface area contributed by atoms with Gasteiger partial charge in [-0.25, -0.2) is 0 Å². The van der Waals surface area contributed by atoms with Gasteiger partial charge in [-0.15, -0.1) is 0 Å². The van der Waals surface area contributed by atoms with Crippen molar-refractivity contribution in [2.24, 2.45) is 10.8 Å². The second-order valence-electron chi connectivity index (χ2n) is 13.4. The minimum atomic E-state index is -0.713. The summed E-state index contributed by atoms with van der Waals surface area (Å²) in [5.74, 6) is 0.252. The lowest BCUT2D eigenvalue weighted by Crippen LogP contribution is -2.38. The summed E-state index contributed by atoms with van der Waals surface area (Å²) in [7, 11) is 3.62. The second kappa shape index (κ2) is 18.6. The van der Waals surface area contributed by atoms with E-state index >= 15 is 0 Å². The molecule has 0 aromatic carbocycles. The van der Waals surface area contributed by atoms with Crippen LogP contribution in [0, 0.1) is 10.8 Å². The molecule has 39 heavy (non-hydrogen) atoms. The summed E-state index contributed by atoms with van der Waals surface area (Å²) in [5, 5.41) is 21.0. The van der Waals surface area contributed by atoms with Gasteiger partial charge in [0.05, 0.1) is 25.4 Å². The van der Waals surface area contributed by atoms with E-state index in [4.69, 9.17) is 9.47 Å². The molecule has 0 aliphatic carbocycles. The molecule has 0 spiro atoms. The van der Waals surface area contributed by atoms with Crippen molar-refractivity contribution in [2.75, 3.05) is 66.7 Å². The van der Waals surface area contributed by atoms with E-state index < -0.39 is 12.2 Å². The third-order valence-electron chi connectivity index (χ3n) is 5.73. The van der Waals surface area contributed by atoms with Gasteiger partial charge in [0, 0.05) is 66.3 Å². The Morgan fingerprint density at radius 1 is 0.744 bits per heavy atom. The van der Waals surface area contributed by atoms with Crippen molar-refractivity contribution in [1.29, 1.82) is 0 Å². The molecular weight excluding hydrogens is 498 g/mol. The zero-order valence-corrected chi connectivity index (χ0v) is 26.6. The number of allylic oxidation sites excluding steroid dienone is 1. The lowest BCUT2D eigenvalue weighted by Gasteiger charge is -2.27. The highest BCUT2D eigenvalue weighted by molar-refractivity contribution is 5.76. The van der Waals surface area contributed by atoms with Crippen molar-refractivity contribution in [3.05, 3.63) is 11.8 Å². The average molecular weight is 558 g/mol. The summed E-state index contributed by atoms with van der Waals surface area (Å²) in [5.41, 5.74) is 0.989. The van der Waals surface area contributed by atoms with Crippen LogP contribution in [0.15, 0.2) is 11.8 Å². The normalized spacial score (nSPS) is 13.5. The second-order valence-corrected chi connectivity index (χ2v) is 13.4. The lowest BCUT2D eigenvalue weighted by molar-refractivity contribution is -0.132. The molecule has 2 N–H and O–H groups in total. The van der Waals surface area contributed by atoms with E-state index in [1.165, 1.54) is 0 Å². The number of nitrogens with zero attached hydrogens (tertiary/aromatic N) is 3. The zero-order chi connectivity index (χ0) is 30.2. The first kappa shape index (κ1) is 37.3. The van der Waals surface area contributed by atoms with Crippen LogP contribution in [0.5, 0.6) is 0 Å². The molecule has 0 fully saturated rings. The Kier molecular flexibility index (Phi) is 17.8. The number of ether oxygens (including phenoxy) is 2. The minimum absolute atomic E-state index is 0.0345. The molecule has 0 aliphatic rings. The summed E-state index contributed by atoms with van der Waals surface area (Å²) in [4.78, 5) is 29.8. The molecular formula is C30H59N3O6. The molecule has 2 atom stereocenters. The molecule has 0 heterocycles. The summed E-state index contributed by atoms with van der Waals surface area (Å²) in [6, 6.07) is 0. The summed E-state index contributed by atoms with van der Waals surface area (Å²) >= 11 is 0. The average Bonchev–Trinajstić information content (AvgIpc) is 2.75. The van der Waals surface area contributed by atoms with Gasteiger partial charge in [-0.1, -0.05) is 47.1 Å². The molecule has 9 heteroatoms. The van der Waals surface area contributed by atoms with Crippen molar-refractivity contribution < 1.29 is 29.3 Å². The van der Waals surface area contributed by atoms with E-state index in [-0.39, 0.29) is 35.9 Å². The Labute approximate surface area is 238 Å². The van der Waals surface area contributed by atoms with E-state index in [9.17, 15) is 19.8 Å². The number of rotatable bonds is 19. The molecule has 0 saturated heterocycles. The minimum Gasteiger partial charge on any atom is -0.389 e. The maximum Gasteiger partial charge on any atom is 0.222 e. The van der Waals surface area contributed by atoms with Crippen LogP contribution in [0.3, 0.4) is 0 Å². The molecule has 0 aliphatic heterocycles. The first-order valence-corrected chi connectivity index (χ1v) is 14.3. The number of carbonyl (C=O) groups excluding carboxylic acids is 2.